The molecule has 1 aliphatic heterocycles. The lowest BCUT2D eigenvalue weighted by molar-refractivity contribution is -0.115. The Morgan fingerprint density at radius 2 is 1.80 bits per heavy atom. The van der Waals surface area contributed by atoms with Gasteiger partial charge in [-0.15, -0.1) is 11.8 Å². The Labute approximate surface area is 180 Å². The quantitative estimate of drug-likeness (QED) is 0.631. The van der Waals surface area contributed by atoms with Crippen molar-refractivity contribution in [3.05, 3.63) is 89.5 Å². The predicted octanol–water partition coefficient (Wildman–Crippen LogP) is 5.03. The van der Waals surface area contributed by atoms with Gasteiger partial charge in [-0.3, -0.25) is 14.5 Å². The number of anilines is 2. The standard InChI is InChI=1S/C24H22N2O3S/c1-16-6-8-17(9-7-16)23(28)25-19-5-3-4-18(14-19)24-26(22(27)15-30-24)20-10-12-21(29-2)13-11-20/h3-14,24H,15H2,1-2H3,(H,25,28)/t24-/m1/s1. The highest BCUT2D eigenvalue weighted by Crippen LogP contribution is 2.42. The summed E-state index contributed by atoms with van der Waals surface area (Å²) in [7, 11) is 1.62. The van der Waals surface area contributed by atoms with Crippen LogP contribution in [-0.2, 0) is 4.79 Å². The summed E-state index contributed by atoms with van der Waals surface area (Å²) in [5, 5.41) is 2.80. The number of hydrogen-bond donors (Lipinski definition) is 1. The fraction of sp³-hybridized carbons (Fsp3) is 0.167. The van der Waals surface area contributed by atoms with Crippen LogP contribution >= 0.6 is 11.8 Å². The van der Waals surface area contributed by atoms with Gasteiger partial charge in [0, 0.05) is 16.9 Å². The van der Waals surface area contributed by atoms with Gasteiger partial charge in [0.05, 0.1) is 12.9 Å². The summed E-state index contributed by atoms with van der Waals surface area (Å²) in [6, 6.07) is 22.6. The minimum absolute atomic E-state index is 0.0595. The Kier molecular flexibility index (Phi) is 5.77. The topological polar surface area (TPSA) is 58.6 Å². The van der Waals surface area contributed by atoms with Gasteiger partial charge in [-0.05, 0) is 61.0 Å². The molecule has 5 nitrogen and oxygen atoms in total. The van der Waals surface area contributed by atoms with Crippen molar-refractivity contribution in [1.82, 2.24) is 0 Å². The number of rotatable bonds is 5. The Hall–Kier alpha value is -3.25. The van der Waals surface area contributed by atoms with Crippen LogP contribution in [0.2, 0.25) is 0 Å². The molecule has 0 aromatic heterocycles. The number of ether oxygens (including phenoxy) is 1. The zero-order valence-corrected chi connectivity index (χ0v) is 17.6. The summed E-state index contributed by atoms with van der Waals surface area (Å²) in [5.41, 5.74) is 4.20. The van der Waals surface area contributed by atoms with Crippen LogP contribution < -0.4 is 15.0 Å². The maximum Gasteiger partial charge on any atom is 0.255 e. The minimum atomic E-state index is -0.158. The summed E-state index contributed by atoms with van der Waals surface area (Å²) in [6.07, 6.45) is 0. The summed E-state index contributed by atoms with van der Waals surface area (Å²) in [4.78, 5) is 27.0. The molecule has 0 radical (unpaired) electrons. The number of aryl methyl sites for hydroxylation is 1. The molecule has 1 atom stereocenters. The number of nitrogens with one attached hydrogen (secondary N) is 1. The van der Waals surface area contributed by atoms with E-state index >= 15 is 0 Å². The van der Waals surface area contributed by atoms with E-state index in [9.17, 15) is 9.59 Å². The van der Waals surface area contributed by atoms with Gasteiger partial charge >= 0.3 is 0 Å². The van der Waals surface area contributed by atoms with Crippen molar-refractivity contribution in [3.63, 3.8) is 0 Å². The van der Waals surface area contributed by atoms with E-state index in [1.54, 1.807) is 23.8 Å². The monoisotopic (exact) mass is 418 g/mol. The first-order valence-electron chi connectivity index (χ1n) is 9.61. The lowest BCUT2D eigenvalue weighted by atomic mass is 10.1. The van der Waals surface area contributed by atoms with Crippen LogP contribution in [0.4, 0.5) is 11.4 Å². The van der Waals surface area contributed by atoms with Gasteiger partial charge in [0.2, 0.25) is 5.91 Å². The number of thioether (sulfide) groups is 1. The lowest BCUT2D eigenvalue weighted by Crippen LogP contribution is -2.27. The average Bonchev–Trinajstić information content (AvgIpc) is 3.16. The van der Waals surface area contributed by atoms with E-state index in [0.29, 0.717) is 17.0 Å². The van der Waals surface area contributed by atoms with E-state index in [4.69, 9.17) is 4.74 Å². The summed E-state index contributed by atoms with van der Waals surface area (Å²) < 4.78 is 5.22. The van der Waals surface area contributed by atoms with Crippen molar-refractivity contribution in [1.29, 1.82) is 0 Å². The van der Waals surface area contributed by atoms with E-state index in [2.05, 4.69) is 5.32 Å². The number of carbonyl (C=O) groups is 2. The van der Waals surface area contributed by atoms with Gasteiger partial charge in [0.25, 0.3) is 5.91 Å². The van der Waals surface area contributed by atoms with E-state index in [-0.39, 0.29) is 17.2 Å². The molecule has 152 valence electrons. The fourth-order valence-corrected chi connectivity index (χ4v) is 4.54. The third-order valence-electron chi connectivity index (χ3n) is 4.96. The molecule has 2 amide bonds. The van der Waals surface area contributed by atoms with Crippen LogP contribution in [0.3, 0.4) is 0 Å². The molecular weight excluding hydrogens is 396 g/mol. The number of amides is 2. The summed E-state index contributed by atoms with van der Waals surface area (Å²) in [5.74, 6) is 1.06. The molecule has 1 heterocycles. The molecule has 0 aliphatic carbocycles. The van der Waals surface area contributed by atoms with Gasteiger partial charge in [-0.2, -0.15) is 0 Å². The summed E-state index contributed by atoms with van der Waals surface area (Å²) >= 11 is 1.57. The van der Waals surface area contributed by atoms with Crippen molar-refractivity contribution in [2.75, 3.05) is 23.1 Å². The molecule has 1 aliphatic rings. The van der Waals surface area contributed by atoms with Gasteiger partial charge < -0.3 is 10.1 Å². The molecule has 3 aromatic rings. The van der Waals surface area contributed by atoms with Crippen molar-refractivity contribution in [2.24, 2.45) is 0 Å². The molecule has 0 bridgehead atoms. The molecule has 0 unspecified atom stereocenters. The molecule has 1 N–H and O–H groups in total. The smallest absolute Gasteiger partial charge is 0.255 e. The molecule has 0 saturated carbocycles. The van der Waals surface area contributed by atoms with Gasteiger partial charge in [-0.25, -0.2) is 0 Å². The van der Waals surface area contributed by atoms with Gasteiger partial charge in [-0.1, -0.05) is 29.8 Å². The second-order valence-corrected chi connectivity index (χ2v) is 8.14. The van der Waals surface area contributed by atoms with Crippen molar-refractivity contribution in [2.45, 2.75) is 12.3 Å². The second-order valence-electron chi connectivity index (χ2n) is 7.07. The molecule has 0 spiro atoms. The van der Waals surface area contributed by atoms with Crippen molar-refractivity contribution < 1.29 is 14.3 Å². The first-order valence-corrected chi connectivity index (χ1v) is 10.7. The Morgan fingerprint density at radius 1 is 1.07 bits per heavy atom. The lowest BCUT2D eigenvalue weighted by Gasteiger charge is -2.25. The summed E-state index contributed by atoms with van der Waals surface area (Å²) in [6.45, 7) is 1.99. The molecule has 3 aromatic carbocycles. The normalized spacial score (nSPS) is 15.9. The third kappa shape index (κ3) is 4.19. The first-order chi connectivity index (χ1) is 14.5. The van der Waals surface area contributed by atoms with Gasteiger partial charge in [0.1, 0.15) is 11.1 Å². The van der Waals surface area contributed by atoms with Crippen LogP contribution in [0.15, 0.2) is 72.8 Å². The van der Waals surface area contributed by atoms with Crippen LogP contribution in [0.5, 0.6) is 5.75 Å². The zero-order chi connectivity index (χ0) is 21.1. The molecule has 4 rings (SSSR count). The number of benzene rings is 3. The Bertz CT molecular complexity index is 1060. The Morgan fingerprint density at radius 3 is 2.50 bits per heavy atom. The second kappa shape index (κ2) is 8.63. The third-order valence-corrected chi connectivity index (χ3v) is 6.17. The maximum absolute atomic E-state index is 12.6. The highest BCUT2D eigenvalue weighted by Gasteiger charge is 2.34. The van der Waals surface area contributed by atoms with Crippen molar-refractivity contribution >= 4 is 35.0 Å². The number of methoxy groups -OCH3 is 1. The highest BCUT2D eigenvalue weighted by molar-refractivity contribution is 8.00. The number of carbonyl (C=O) groups excluding carboxylic acids is 2. The number of hydrogen-bond acceptors (Lipinski definition) is 4. The zero-order valence-electron chi connectivity index (χ0n) is 16.8. The minimum Gasteiger partial charge on any atom is -0.497 e. The van der Waals surface area contributed by atoms with Crippen LogP contribution in [0.25, 0.3) is 0 Å². The van der Waals surface area contributed by atoms with Crippen molar-refractivity contribution in [3.8, 4) is 5.75 Å². The largest absolute Gasteiger partial charge is 0.497 e. The molecule has 1 fully saturated rings. The predicted molar refractivity (Wildman–Crippen MR) is 121 cm³/mol. The molecular formula is C24H22N2O3S. The van der Waals surface area contributed by atoms with E-state index in [1.165, 1.54) is 0 Å². The van der Waals surface area contributed by atoms with Crippen LogP contribution in [0, 0.1) is 6.92 Å². The van der Waals surface area contributed by atoms with Gasteiger partial charge in [0.15, 0.2) is 0 Å². The molecule has 1 saturated heterocycles. The molecule has 6 heteroatoms. The SMILES string of the molecule is COc1ccc(N2C(=O)CS[C@@H]2c2cccc(NC(=O)c3ccc(C)cc3)c2)cc1. The fourth-order valence-electron chi connectivity index (χ4n) is 3.37. The first kappa shape index (κ1) is 20.0. The molecule has 30 heavy (non-hydrogen) atoms. The average molecular weight is 419 g/mol. The van der Waals surface area contributed by atoms with Crippen LogP contribution in [-0.4, -0.2) is 24.7 Å². The maximum atomic E-state index is 12.6. The van der Waals surface area contributed by atoms with E-state index in [0.717, 1.165) is 22.6 Å². The van der Waals surface area contributed by atoms with Crippen LogP contribution in [0.1, 0.15) is 26.9 Å². The van der Waals surface area contributed by atoms with E-state index in [1.807, 2.05) is 79.7 Å². The number of nitrogens with zero attached hydrogens (tertiary/aromatic N) is 1. The highest BCUT2D eigenvalue weighted by atomic mass is 32.2. The Balaban J connectivity index is 1.56. The van der Waals surface area contributed by atoms with E-state index < -0.39 is 0 Å².